The van der Waals surface area contributed by atoms with E-state index >= 15 is 0 Å². The first-order chi connectivity index (χ1) is 12.9. The number of nitrogens with zero attached hydrogens (tertiary/aromatic N) is 1. The topological polar surface area (TPSA) is 84.2 Å². The second kappa shape index (κ2) is 8.18. The first-order valence-electron chi connectivity index (χ1n) is 8.58. The molecule has 3 aromatic rings. The lowest BCUT2D eigenvalue weighted by atomic mass is 10.1. The number of nitrogens with one attached hydrogen (secondary N) is 2. The van der Waals surface area contributed by atoms with Crippen LogP contribution in [0.4, 0.5) is 5.13 Å². The molecule has 0 aliphatic carbocycles. The van der Waals surface area contributed by atoms with E-state index in [1.165, 1.54) is 35.0 Å². The molecule has 2 heterocycles. The van der Waals surface area contributed by atoms with Crippen molar-refractivity contribution in [1.82, 2.24) is 10.3 Å². The van der Waals surface area contributed by atoms with Gasteiger partial charge in [0.05, 0.1) is 17.5 Å². The van der Waals surface area contributed by atoms with Crippen molar-refractivity contribution in [3.63, 3.8) is 0 Å². The molecule has 0 saturated carbocycles. The molecule has 2 N–H and O–H groups in total. The van der Waals surface area contributed by atoms with Crippen LogP contribution in [0, 0.1) is 13.8 Å². The number of hydrogen-bond donors (Lipinski definition) is 2. The minimum atomic E-state index is -0.697. The number of hydrogen-bond acceptors (Lipinski definition) is 5. The molecule has 2 aromatic heterocycles. The SMILES string of the molecule is Cc1ccc(Cc2sc(NC(=O)C(C)NC(=O)c3ccoc3)nc2C)cc1. The van der Waals surface area contributed by atoms with Gasteiger partial charge in [-0.2, -0.15) is 0 Å². The Morgan fingerprint density at radius 2 is 1.93 bits per heavy atom. The third kappa shape index (κ3) is 4.83. The van der Waals surface area contributed by atoms with Crippen LogP contribution in [0.1, 0.15) is 39.0 Å². The predicted molar refractivity (Wildman–Crippen MR) is 105 cm³/mol. The Bertz CT molecular complexity index is 930. The van der Waals surface area contributed by atoms with Crippen molar-refractivity contribution >= 4 is 28.3 Å². The van der Waals surface area contributed by atoms with Crippen LogP contribution in [0.2, 0.25) is 0 Å². The minimum absolute atomic E-state index is 0.317. The summed E-state index contributed by atoms with van der Waals surface area (Å²) in [5.41, 5.74) is 3.69. The molecule has 1 atom stereocenters. The van der Waals surface area contributed by atoms with Crippen LogP contribution in [0.5, 0.6) is 0 Å². The van der Waals surface area contributed by atoms with E-state index in [0.29, 0.717) is 10.7 Å². The molecule has 6 nitrogen and oxygen atoms in total. The van der Waals surface area contributed by atoms with Crippen molar-refractivity contribution in [2.45, 2.75) is 33.2 Å². The smallest absolute Gasteiger partial charge is 0.255 e. The van der Waals surface area contributed by atoms with E-state index in [4.69, 9.17) is 4.42 Å². The maximum Gasteiger partial charge on any atom is 0.255 e. The van der Waals surface area contributed by atoms with E-state index in [1.807, 2.05) is 6.92 Å². The van der Waals surface area contributed by atoms with Gasteiger partial charge in [0.2, 0.25) is 5.91 Å². The summed E-state index contributed by atoms with van der Waals surface area (Å²) in [6, 6.07) is 9.21. The fourth-order valence-corrected chi connectivity index (χ4v) is 3.49. The first-order valence-corrected chi connectivity index (χ1v) is 9.40. The molecule has 3 rings (SSSR count). The lowest BCUT2D eigenvalue weighted by Gasteiger charge is -2.12. The fourth-order valence-electron chi connectivity index (χ4n) is 2.49. The zero-order valence-electron chi connectivity index (χ0n) is 15.4. The Labute approximate surface area is 161 Å². The molecule has 1 unspecified atom stereocenters. The summed E-state index contributed by atoms with van der Waals surface area (Å²) < 4.78 is 4.87. The van der Waals surface area contributed by atoms with Gasteiger partial charge in [-0.25, -0.2) is 4.98 Å². The second-order valence-corrected chi connectivity index (χ2v) is 7.47. The van der Waals surface area contributed by atoms with Crippen LogP contribution in [-0.2, 0) is 11.2 Å². The standard InChI is InChI=1S/C20H21N3O3S/c1-12-4-6-15(7-5-12)10-17-13(2)22-20(27-17)23-18(24)14(3)21-19(25)16-8-9-26-11-16/h4-9,11,14H,10H2,1-3H3,(H,21,25)(H,22,23,24). The van der Waals surface area contributed by atoms with E-state index in [9.17, 15) is 9.59 Å². The third-order valence-electron chi connectivity index (χ3n) is 4.13. The second-order valence-electron chi connectivity index (χ2n) is 6.39. The van der Waals surface area contributed by atoms with Crippen LogP contribution in [0.3, 0.4) is 0 Å². The number of carbonyl (C=O) groups is 2. The molecule has 0 saturated heterocycles. The molecule has 0 spiro atoms. The summed E-state index contributed by atoms with van der Waals surface area (Å²) >= 11 is 1.45. The summed E-state index contributed by atoms with van der Waals surface area (Å²) in [6.07, 6.45) is 3.52. The summed E-state index contributed by atoms with van der Waals surface area (Å²) in [6.45, 7) is 5.61. The Balaban J connectivity index is 1.61. The number of amides is 2. The van der Waals surface area contributed by atoms with E-state index < -0.39 is 6.04 Å². The molecule has 0 aliphatic heterocycles. The van der Waals surface area contributed by atoms with Crippen molar-refractivity contribution in [2.75, 3.05) is 5.32 Å². The number of benzene rings is 1. The van der Waals surface area contributed by atoms with Crippen molar-refractivity contribution < 1.29 is 14.0 Å². The molecule has 0 fully saturated rings. The van der Waals surface area contributed by atoms with Crippen molar-refractivity contribution in [1.29, 1.82) is 0 Å². The highest BCUT2D eigenvalue weighted by molar-refractivity contribution is 7.15. The lowest BCUT2D eigenvalue weighted by molar-refractivity contribution is -0.117. The number of carbonyl (C=O) groups excluding carboxylic acids is 2. The van der Waals surface area contributed by atoms with Crippen molar-refractivity contribution in [2.24, 2.45) is 0 Å². The highest BCUT2D eigenvalue weighted by atomic mass is 32.1. The highest BCUT2D eigenvalue weighted by Gasteiger charge is 2.19. The average Bonchev–Trinajstić information content (AvgIpc) is 3.27. The van der Waals surface area contributed by atoms with Crippen LogP contribution in [0.25, 0.3) is 0 Å². The molecule has 140 valence electrons. The zero-order chi connectivity index (χ0) is 19.4. The van der Waals surface area contributed by atoms with Crippen LogP contribution in [-0.4, -0.2) is 22.8 Å². The van der Waals surface area contributed by atoms with E-state index in [2.05, 4.69) is 46.8 Å². The quantitative estimate of drug-likeness (QED) is 0.680. The molecular formula is C20H21N3O3S. The molecular weight excluding hydrogens is 362 g/mol. The number of thiazole rings is 1. The number of aromatic nitrogens is 1. The largest absolute Gasteiger partial charge is 0.472 e. The van der Waals surface area contributed by atoms with Crippen molar-refractivity contribution in [3.8, 4) is 0 Å². The maximum atomic E-state index is 12.4. The van der Waals surface area contributed by atoms with Gasteiger partial charge in [-0.15, -0.1) is 11.3 Å². The number of furan rings is 1. The Morgan fingerprint density at radius 3 is 2.59 bits per heavy atom. The monoisotopic (exact) mass is 383 g/mol. The van der Waals surface area contributed by atoms with E-state index in [-0.39, 0.29) is 11.8 Å². The number of aryl methyl sites for hydroxylation is 2. The molecule has 0 bridgehead atoms. The first kappa shape index (κ1) is 18.8. The normalized spacial score (nSPS) is 11.8. The number of rotatable bonds is 6. The Kier molecular flexibility index (Phi) is 5.71. The van der Waals surface area contributed by atoms with Gasteiger partial charge in [0.15, 0.2) is 5.13 Å². The lowest BCUT2D eigenvalue weighted by Crippen LogP contribution is -2.41. The molecule has 1 aromatic carbocycles. The van der Waals surface area contributed by atoms with Crippen LogP contribution >= 0.6 is 11.3 Å². The Hall–Kier alpha value is -2.93. The number of anilines is 1. The van der Waals surface area contributed by atoms with Gasteiger partial charge in [0, 0.05) is 11.3 Å². The summed E-state index contributed by atoms with van der Waals surface area (Å²) in [5.74, 6) is -0.677. The molecule has 2 amide bonds. The zero-order valence-corrected chi connectivity index (χ0v) is 16.2. The summed E-state index contributed by atoms with van der Waals surface area (Å²) in [5, 5.41) is 5.94. The molecule has 27 heavy (non-hydrogen) atoms. The van der Waals surface area contributed by atoms with Gasteiger partial charge in [-0.05, 0) is 32.4 Å². The van der Waals surface area contributed by atoms with Crippen molar-refractivity contribution in [3.05, 3.63) is 70.1 Å². The fraction of sp³-hybridized carbons (Fsp3) is 0.250. The molecule has 0 aliphatic rings. The average molecular weight is 383 g/mol. The molecule has 7 heteroatoms. The van der Waals surface area contributed by atoms with Crippen LogP contribution < -0.4 is 10.6 Å². The van der Waals surface area contributed by atoms with Gasteiger partial charge in [0.25, 0.3) is 5.91 Å². The summed E-state index contributed by atoms with van der Waals surface area (Å²) in [4.78, 5) is 29.9. The predicted octanol–water partition coefficient (Wildman–Crippen LogP) is 3.70. The van der Waals surface area contributed by atoms with Gasteiger partial charge in [-0.3, -0.25) is 9.59 Å². The maximum absolute atomic E-state index is 12.4. The van der Waals surface area contributed by atoms with Gasteiger partial charge >= 0.3 is 0 Å². The molecule has 0 radical (unpaired) electrons. The van der Waals surface area contributed by atoms with Crippen LogP contribution in [0.15, 0.2) is 47.3 Å². The van der Waals surface area contributed by atoms with E-state index in [1.54, 1.807) is 13.0 Å². The third-order valence-corrected chi connectivity index (χ3v) is 5.21. The van der Waals surface area contributed by atoms with Gasteiger partial charge < -0.3 is 15.1 Å². The van der Waals surface area contributed by atoms with E-state index in [0.717, 1.165) is 17.0 Å². The minimum Gasteiger partial charge on any atom is -0.472 e. The van der Waals surface area contributed by atoms with Gasteiger partial charge in [0.1, 0.15) is 12.3 Å². The summed E-state index contributed by atoms with van der Waals surface area (Å²) in [7, 11) is 0. The Morgan fingerprint density at radius 1 is 1.19 bits per heavy atom. The van der Waals surface area contributed by atoms with Gasteiger partial charge in [-0.1, -0.05) is 29.8 Å². The highest BCUT2D eigenvalue weighted by Crippen LogP contribution is 2.25.